The van der Waals surface area contributed by atoms with Crippen molar-refractivity contribution in [1.82, 2.24) is 10.2 Å². The Kier molecular flexibility index (Phi) is 3.59. The number of hydrogen-bond donors (Lipinski definition) is 1. The van der Waals surface area contributed by atoms with E-state index in [1.165, 1.54) is 56.1 Å². The first-order chi connectivity index (χ1) is 8.67. The van der Waals surface area contributed by atoms with Crippen molar-refractivity contribution >= 4 is 16.9 Å². The maximum absolute atomic E-state index is 5.01. The zero-order valence-corrected chi connectivity index (χ0v) is 12.4. The fraction of sp³-hybridized carbons (Fsp3) is 0.929. The standard InChI is InChI=1S/C14H25N3S/c1-11-9-17(2)8-5-12(11)15-13-16-14(10-18-13)6-3-4-7-14/h11-12H,3-10H2,1-2H3,(H,15,16). The number of nitrogens with one attached hydrogen (secondary N) is 1. The highest BCUT2D eigenvalue weighted by Crippen LogP contribution is 2.37. The summed E-state index contributed by atoms with van der Waals surface area (Å²) in [5.74, 6) is 1.94. The highest BCUT2D eigenvalue weighted by atomic mass is 32.2. The Hall–Kier alpha value is -0.220. The second-order valence-corrected chi connectivity index (χ2v) is 7.39. The van der Waals surface area contributed by atoms with Gasteiger partial charge in [-0.1, -0.05) is 31.5 Å². The average Bonchev–Trinajstić information content (AvgIpc) is 2.94. The van der Waals surface area contributed by atoms with Crippen LogP contribution in [0.4, 0.5) is 0 Å². The van der Waals surface area contributed by atoms with Gasteiger partial charge >= 0.3 is 0 Å². The number of likely N-dealkylation sites (tertiary alicyclic amines) is 1. The first-order valence-electron chi connectivity index (χ1n) is 7.34. The molecule has 2 unspecified atom stereocenters. The molecule has 3 fully saturated rings. The molecule has 2 saturated heterocycles. The maximum atomic E-state index is 5.01. The van der Waals surface area contributed by atoms with Crippen LogP contribution in [0, 0.1) is 5.92 Å². The predicted octanol–water partition coefficient (Wildman–Crippen LogP) is 2.33. The first-order valence-corrected chi connectivity index (χ1v) is 8.33. The Labute approximate surface area is 115 Å². The second kappa shape index (κ2) is 5.04. The van der Waals surface area contributed by atoms with Crippen molar-refractivity contribution in [1.29, 1.82) is 0 Å². The van der Waals surface area contributed by atoms with Crippen LogP contribution in [0.25, 0.3) is 0 Å². The molecule has 2 aliphatic heterocycles. The number of amidine groups is 1. The highest BCUT2D eigenvalue weighted by molar-refractivity contribution is 8.14. The van der Waals surface area contributed by atoms with Gasteiger partial charge in [-0.3, -0.25) is 4.99 Å². The van der Waals surface area contributed by atoms with E-state index in [0.717, 1.165) is 0 Å². The van der Waals surface area contributed by atoms with Crippen molar-refractivity contribution in [2.75, 3.05) is 25.9 Å². The fourth-order valence-electron chi connectivity index (χ4n) is 3.58. The molecule has 2 atom stereocenters. The van der Waals surface area contributed by atoms with Crippen molar-refractivity contribution in [3.8, 4) is 0 Å². The van der Waals surface area contributed by atoms with Crippen molar-refractivity contribution in [2.24, 2.45) is 10.9 Å². The van der Waals surface area contributed by atoms with Crippen molar-refractivity contribution < 1.29 is 0 Å². The van der Waals surface area contributed by atoms with E-state index in [0.29, 0.717) is 17.5 Å². The summed E-state index contributed by atoms with van der Waals surface area (Å²) >= 11 is 1.96. The van der Waals surface area contributed by atoms with Gasteiger partial charge in [0.15, 0.2) is 5.17 Å². The minimum Gasteiger partial charge on any atom is -0.359 e. The van der Waals surface area contributed by atoms with E-state index in [-0.39, 0.29) is 0 Å². The largest absolute Gasteiger partial charge is 0.359 e. The third-order valence-corrected chi connectivity index (χ3v) is 5.94. The smallest absolute Gasteiger partial charge is 0.157 e. The van der Waals surface area contributed by atoms with Gasteiger partial charge in [0.25, 0.3) is 0 Å². The number of rotatable bonds is 1. The van der Waals surface area contributed by atoms with Gasteiger partial charge in [0.2, 0.25) is 0 Å². The lowest BCUT2D eigenvalue weighted by Gasteiger charge is -2.32. The predicted molar refractivity (Wildman–Crippen MR) is 79.3 cm³/mol. The molecule has 1 N–H and O–H groups in total. The zero-order chi connectivity index (χ0) is 12.6. The number of nitrogens with zero attached hydrogens (tertiary/aromatic N) is 2. The van der Waals surface area contributed by atoms with E-state index in [1.54, 1.807) is 0 Å². The summed E-state index contributed by atoms with van der Waals surface area (Å²) in [5, 5.41) is 4.98. The van der Waals surface area contributed by atoms with Gasteiger partial charge < -0.3 is 10.2 Å². The van der Waals surface area contributed by atoms with E-state index in [9.17, 15) is 0 Å². The summed E-state index contributed by atoms with van der Waals surface area (Å²) in [6, 6.07) is 0.535. The highest BCUT2D eigenvalue weighted by Gasteiger charge is 2.40. The summed E-state index contributed by atoms with van der Waals surface area (Å²) in [5.41, 5.74) is 0.415. The van der Waals surface area contributed by atoms with Gasteiger partial charge in [0, 0.05) is 17.8 Å². The molecule has 0 amide bonds. The Bertz CT molecular complexity index is 336. The number of aliphatic imine (C=N–C) groups is 1. The van der Waals surface area contributed by atoms with Crippen LogP contribution in [-0.2, 0) is 0 Å². The molecule has 0 radical (unpaired) electrons. The van der Waals surface area contributed by atoms with Crippen molar-refractivity contribution in [3.05, 3.63) is 0 Å². The molecular weight excluding hydrogens is 242 g/mol. The van der Waals surface area contributed by atoms with Crippen LogP contribution in [0.5, 0.6) is 0 Å². The lowest BCUT2D eigenvalue weighted by molar-refractivity contribution is 0.198. The Balaban J connectivity index is 1.63. The number of hydrogen-bond acceptors (Lipinski definition) is 3. The van der Waals surface area contributed by atoms with E-state index in [2.05, 4.69) is 24.2 Å². The fourth-order valence-corrected chi connectivity index (χ4v) is 4.85. The first kappa shape index (κ1) is 12.8. The quantitative estimate of drug-likeness (QED) is 0.790. The van der Waals surface area contributed by atoms with E-state index in [4.69, 9.17) is 4.99 Å². The van der Waals surface area contributed by atoms with E-state index < -0.39 is 0 Å². The van der Waals surface area contributed by atoms with E-state index in [1.807, 2.05) is 11.8 Å². The van der Waals surface area contributed by atoms with Gasteiger partial charge in [-0.15, -0.1) is 0 Å². The topological polar surface area (TPSA) is 27.6 Å². The Morgan fingerprint density at radius 1 is 1.39 bits per heavy atom. The molecule has 4 heteroatoms. The van der Waals surface area contributed by atoms with E-state index >= 15 is 0 Å². The minimum atomic E-state index is 0.415. The van der Waals surface area contributed by atoms with Gasteiger partial charge in [-0.2, -0.15) is 0 Å². The number of piperidine rings is 1. The third kappa shape index (κ3) is 2.55. The Morgan fingerprint density at radius 2 is 2.17 bits per heavy atom. The van der Waals surface area contributed by atoms with Crippen LogP contribution in [0.3, 0.4) is 0 Å². The SMILES string of the molecule is CC1CN(C)CCC1N=C1NC2(CCCC2)CS1. The molecule has 3 aliphatic rings. The monoisotopic (exact) mass is 267 g/mol. The minimum absolute atomic E-state index is 0.415. The van der Waals surface area contributed by atoms with Crippen LogP contribution >= 0.6 is 11.8 Å². The van der Waals surface area contributed by atoms with Crippen molar-refractivity contribution in [2.45, 2.75) is 50.6 Å². The summed E-state index contributed by atoms with van der Waals surface area (Å²) in [6.45, 7) is 4.73. The lowest BCUT2D eigenvalue weighted by atomic mass is 9.95. The molecule has 3 rings (SSSR count). The molecule has 0 aromatic rings. The molecule has 1 aliphatic carbocycles. The molecule has 2 heterocycles. The third-order valence-electron chi connectivity index (χ3n) is 4.76. The van der Waals surface area contributed by atoms with Crippen LogP contribution in [0.1, 0.15) is 39.0 Å². The molecule has 0 aromatic heterocycles. The lowest BCUT2D eigenvalue weighted by Crippen LogP contribution is -2.42. The van der Waals surface area contributed by atoms with Gasteiger partial charge in [0.1, 0.15) is 0 Å². The molecule has 3 nitrogen and oxygen atoms in total. The summed E-state index contributed by atoms with van der Waals surface area (Å²) < 4.78 is 0. The summed E-state index contributed by atoms with van der Waals surface area (Å²) in [7, 11) is 2.22. The Morgan fingerprint density at radius 3 is 2.89 bits per heavy atom. The molecule has 18 heavy (non-hydrogen) atoms. The molecule has 0 bridgehead atoms. The van der Waals surface area contributed by atoms with Gasteiger partial charge in [-0.05, 0) is 38.8 Å². The molecule has 0 aromatic carbocycles. The molecule has 1 saturated carbocycles. The number of thioether (sulfide) groups is 1. The second-order valence-electron chi connectivity index (χ2n) is 6.43. The molecular formula is C14H25N3S. The van der Waals surface area contributed by atoms with Gasteiger partial charge in [-0.25, -0.2) is 0 Å². The molecule has 102 valence electrons. The summed E-state index contributed by atoms with van der Waals surface area (Å²) in [4.78, 5) is 7.44. The maximum Gasteiger partial charge on any atom is 0.157 e. The molecule has 1 spiro atoms. The van der Waals surface area contributed by atoms with Crippen molar-refractivity contribution in [3.63, 3.8) is 0 Å². The van der Waals surface area contributed by atoms with Crippen LogP contribution in [-0.4, -0.2) is 47.5 Å². The van der Waals surface area contributed by atoms with Crippen LogP contribution in [0.2, 0.25) is 0 Å². The van der Waals surface area contributed by atoms with Crippen LogP contribution < -0.4 is 5.32 Å². The normalized spacial score (nSPS) is 38.4. The van der Waals surface area contributed by atoms with Gasteiger partial charge in [0.05, 0.1) is 6.04 Å². The summed E-state index contributed by atoms with van der Waals surface area (Å²) in [6.07, 6.45) is 6.71. The van der Waals surface area contributed by atoms with Crippen LogP contribution in [0.15, 0.2) is 4.99 Å². The average molecular weight is 267 g/mol. The zero-order valence-electron chi connectivity index (χ0n) is 11.6.